The number of hydrogen-bond donors (Lipinski definition) is 1. The minimum atomic E-state index is -0.0249. The average molecular weight is 655 g/mol. The van der Waals surface area contributed by atoms with Gasteiger partial charge in [0.1, 0.15) is 0 Å². The van der Waals surface area contributed by atoms with Crippen molar-refractivity contribution in [3.8, 4) is 39.1 Å². The monoisotopic (exact) mass is 654 g/mol. The van der Waals surface area contributed by atoms with E-state index in [0.29, 0.717) is 0 Å². The fourth-order valence-corrected chi connectivity index (χ4v) is 7.08. The quantitative estimate of drug-likeness (QED) is 0.188. The van der Waals surface area contributed by atoms with E-state index in [1.165, 1.54) is 55.3 Å². The molecule has 1 aromatic heterocycles. The number of rotatable bonds is 4. The first-order valence-corrected chi connectivity index (χ1v) is 17.9. The van der Waals surface area contributed by atoms with Crippen LogP contribution in [0.5, 0.6) is 0 Å². The summed E-state index contributed by atoms with van der Waals surface area (Å²) in [6.45, 7) is 20.6. The van der Waals surface area contributed by atoms with Crippen LogP contribution in [0.15, 0.2) is 127 Å². The standard InChI is InChI=1S/C48H50N2/c1-46(2,3)35-26-36(47(4,5)6)28-38(27-35)50-43-21-14-13-20-39(43)42-25-33(22-23-44(42)50)32-18-15-19-34(24-32)41-30-37(48(7,8)9)29-40(45(41)49)31-16-11-10-12-17-31/h10-30H,49H2,1-9H3. The summed E-state index contributed by atoms with van der Waals surface area (Å²) in [5, 5.41) is 2.51. The van der Waals surface area contributed by atoms with Gasteiger partial charge in [-0.25, -0.2) is 0 Å². The Labute approximate surface area is 298 Å². The van der Waals surface area contributed by atoms with Crippen LogP contribution >= 0.6 is 0 Å². The second-order valence-electron chi connectivity index (χ2n) is 17.0. The molecule has 6 aromatic carbocycles. The molecule has 0 bridgehead atoms. The highest BCUT2D eigenvalue weighted by molar-refractivity contribution is 6.10. The normalized spacial score (nSPS) is 12.6. The molecule has 2 nitrogen and oxygen atoms in total. The third-order valence-corrected chi connectivity index (χ3v) is 10.2. The Hall–Kier alpha value is -5.08. The minimum Gasteiger partial charge on any atom is -0.398 e. The number of nitrogens with zero attached hydrogens (tertiary/aromatic N) is 1. The smallest absolute Gasteiger partial charge is 0.0541 e. The molecule has 0 aliphatic heterocycles. The number of nitrogens with two attached hydrogens (primary N) is 1. The molecule has 0 saturated heterocycles. The van der Waals surface area contributed by atoms with Gasteiger partial charge in [-0.2, -0.15) is 0 Å². The Morgan fingerprint density at radius 2 is 0.900 bits per heavy atom. The third kappa shape index (κ3) is 6.13. The third-order valence-electron chi connectivity index (χ3n) is 10.2. The second kappa shape index (κ2) is 12.1. The van der Waals surface area contributed by atoms with Gasteiger partial charge in [-0.15, -0.1) is 0 Å². The van der Waals surface area contributed by atoms with E-state index in [9.17, 15) is 0 Å². The fraction of sp³-hybridized carbons (Fsp3) is 0.250. The zero-order valence-corrected chi connectivity index (χ0v) is 31.1. The highest BCUT2D eigenvalue weighted by Crippen LogP contribution is 2.42. The predicted molar refractivity (Wildman–Crippen MR) is 218 cm³/mol. The van der Waals surface area contributed by atoms with E-state index in [1.807, 2.05) is 0 Å². The van der Waals surface area contributed by atoms with Gasteiger partial charge < -0.3 is 10.3 Å². The van der Waals surface area contributed by atoms with Crippen LogP contribution in [0.4, 0.5) is 5.69 Å². The van der Waals surface area contributed by atoms with Crippen molar-refractivity contribution in [1.29, 1.82) is 0 Å². The first-order valence-electron chi connectivity index (χ1n) is 17.9. The summed E-state index contributed by atoms with van der Waals surface area (Å²) >= 11 is 0. The topological polar surface area (TPSA) is 30.9 Å². The lowest BCUT2D eigenvalue weighted by Crippen LogP contribution is -2.17. The summed E-state index contributed by atoms with van der Waals surface area (Å²) in [4.78, 5) is 0. The molecule has 252 valence electrons. The summed E-state index contributed by atoms with van der Waals surface area (Å²) in [6, 6.07) is 46.9. The van der Waals surface area contributed by atoms with Crippen LogP contribution in [0, 0.1) is 0 Å². The van der Waals surface area contributed by atoms with Gasteiger partial charge in [0.15, 0.2) is 0 Å². The number of nitrogen functional groups attached to an aromatic ring is 1. The molecular weight excluding hydrogens is 605 g/mol. The predicted octanol–water partition coefficient (Wildman–Crippen LogP) is 13.3. The van der Waals surface area contributed by atoms with Gasteiger partial charge in [0.05, 0.1) is 11.0 Å². The average Bonchev–Trinajstić information content (AvgIpc) is 3.41. The molecule has 0 spiro atoms. The lowest BCUT2D eigenvalue weighted by atomic mass is 9.80. The summed E-state index contributed by atoms with van der Waals surface area (Å²) in [5.41, 5.74) is 22.3. The van der Waals surface area contributed by atoms with E-state index < -0.39 is 0 Å². The Balaban J connectivity index is 1.40. The number of benzene rings is 6. The summed E-state index contributed by atoms with van der Waals surface area (Å²) in [7, 11) is 0. The van der Waals surface area contributed by atoms with E-state index in [0.717, 1.165) is 27.9 Å². The zero-order valence-electron chi connectivity index (χ0n) is 31.1. The first kappa shape index (κ1) is 33.4. The molecule has 0 aliphatic rings. The lowest BCUT2D eigenvalue weighted by molar-refractivity contribution is 0.568. The van der Waals surface area contributed by atoms with Gasteiger partial charge in [0.25, 0.3) is 0 Å². The fourth-order valence-electron chi connectivity index (χ4n) is 7.08. The van der Waals surface area contributed by atoms with Crippen LogP contribution in [0.2, 0.25) is 0 Å². The maximum absolute atomic E-state index is 7.01. The molecular formula is C48H50N2. The number of fused-ring (bicyclic) bond motifs is 3. The number of hydrogen-bond acceptors (Lipinski definition) is 1. The van der Waals surface area contributed by atoms with Crippen LogP contribution < -0.4 is 5.73 Å². The molecule has 50 heavy (non-hydrogen) atoms. The maximum atomic E-state index is 7.01. The molecule has 7 aromatic rings. The van der Waals surface area contributed by atoms with E-state index in [-0.39, 0.29) is 16.2 Å². The molecule has 0 aliphatic carbocycles. The van der Waals surface area contributed by atoms with Gasteiger partial charge in [-0.1, -0.05) is 141 Å². The second-order valence-corrected chi connectivity index (χ2v) is 17.0. The maximum Gasteiger partial charge on any atom is 0.0541 e. The van der Waals surface area contributed by atoms with Crippen molar-refractivity contribution in [2.24, 2.45) is 0 Å². The van der Waals surface area contributed by atoms with Gasteiger partial charge in [0.2, 0.25) is 0 Å². The van der Waals surface area contributed by atoms with Crippen molar-refractivity contribution in [1.82, 2.24) is 4.57 Å². The molecule has 0 atom stereocenters. The number of aromatic nitrogens is 1. The zero-order chi connectivity index (χ0) is 35.6. The van der Waals surface area contributed by atoms with Gasteiger partial charge >= 0.3 is 0 Å². The molecule has 0 fully saturated rings. The van der Waals surface area contributed by atoms with Crippen molar-refractivity contribution in [2.45, 2.75) is 78.6 Å². The molecule has 2 heteroatoms. The van der Waals surface area contributed by atoms with Crippen molar-refractivity contribution in [2.75, 3.05) is 5.73 Å². The van der Waals surface area contributed by atoms with Gasteiger partial charge in [-0.3, -0.25) is 0 Å². The van der Waals surface area contributed by atoms with Crippen molar-refractivity contribution >= 4 is 27.5 Å². The molecule has 0 amide bonds. The van der Waals surface area contributed by atoms with E-state index in [4.69, 9.17) is 5.73 Å². The van der Waals surface area contributed by atoms with E-state index in [2.05, 4.69) is 194 Å². The van der Waals surface area contributed by atoms with Crippen molar-refractivity contribution in [3.05, 3.63) is 144 Å². The van der Waals surface area contributed by atoms with E-state index >= 15 is 0 Å². The lowest BCUT2D eigenvalue weighted by Gasteiger charge is -2.26. The Morgan fingerprint density at radius 3 is 1.54 bits per heavy atom. The van der Waals surface area contributed by atoms with Crippen LogP contribution in [0.1, 0.15) is 79.0 Å². The largest absolute Gasteiger partial charge is 0.398 e. The molecule has 1 heterocycles. The van der Waals surface area contributed by atoms with Gasteiger partial charge in [-0.05, 0) is 104 Å². The highest BCUT2D eigenvalue weighted by atomic mass is 15.0. The summed E-state index contributed by atoms with van der Waals surface area (Å²) in [6.07, 6.45) is 0. The van der Waals surface area contributed by atoms with E-state index in [1.54, 1.807) is 0 Å². The molecule has 2 N–H and O–H groups in total. The van der Waals surface area contributed by atoms with Crippen molar-refractivity contribution < 1.29 is 0 Å². The molecule has 0 saturated carbocycles. The van der Waals surface area contributed by atoms with Gasteiger partial charge in [0, 0.05) is 33.3 Å². The minimum absolute atomic E-state index is 0.0249. The Morgan fingerprint density at radius 1 is 0.400 bits per heavy atom. The molecule has 0 unspecified atom stereocenters. The Bertz CT molecular complexity index is 2340. The first-order chi connectivity index (χ1) is 23.6. The number of anilines is 1. The van der Waals surface area contributed by atoms with Crippen LogP contribution in [-0.2, 0) is 16.2 Å². The highest BCUT2D eigenvalue weighted by Gasteiger charge is 2.23. The molecule has 7 rings (SSSR count). The van der Waals surface area contributed by atoms with Crippen LogP contribution in [-0.4, -0.2) is 4.57 Å². The Kier molecular flexibility index (Phi) is 8.06. The number of para-hydroxylation sites is 1. The SMILES string of the molecule is CC(C)(C)c1cc(-n2c3ccccc3c3cc(-c4cccc(-c5cc(C(C)(C)C)cc(-c6ccccc6)c5N)c4)ccc32)cc(C(C)(C)C)c1. The van der Waals surface area contributed by atoms with Crippen LogP contribution in [0.25, 0.3) is 60.9 Å². The molecule has 0 radical (unpaired) electrons. The van der Waals surface area contributed by atoms with Crippen molar-refractivity contribution in [3.63, 3.8) is 0 Å². The van der Waals surface area contributed by atoms with Crippen LogP contribution in [0.3, 0.4) is 0 Å². The summed E-state index contributed by atoms with van der Waals surface area (Å²) in [5.74, 6) is 0. The summed E-state index contributed by atoms with van der Waals surface area (Å²) < 4.78 is 2.46.